The van der Waals surface area contributed by atoms with Crippen LogP contribution in [0.2, 0.25) is 0 Å². The molecule has 1 aromatic rings. The first-order valence-corrected chi connectivity index (χ1v) is 6.82. The first-order valence-electron chi connectivity index (χ1n) is 6.82. The number of hydrogen-bond donors (Lipinski definition) is 0. The Kier molecular flexibility index (Phi) is 7.58. The predicted octanol–water partition coefficient (Wildman–Crippen LogP) is 3.06. The molecule has 112 valence electrons. The minimum Gasteiger partial charge on any atom is -0.463 e. The van der Waals surface area contributed by atoms with Gasteiger partial charge in [-0.05, 0) is 31.4 Å². The minimum atomic E-state index is -0.437. The standard InChI is InChI=1S/C17H20O4/c1-3-16(18)20-12-4-5-13-21-17(19)11-10-15-8-6-14(2)7-9-15/h3,6-11H,1,4-5,12-13H2,2H3/b11-10+. The first kappa shape index (κ1) is 16.7. The van der Waals surface area contributed by atoms with Crippen LogP contribution in [-0.4, -0.2) is 25.2 Å². The van der Waals surface area contributed by atoms with Crippen LogP contribution in [-0.2, 0) is 19.1 Å². The fraction of sp³-hybridized carbons (Fsp3) is 0.294. The smallest absolute Gasteiger partial charge is 0.330 e. The maximum Gasteiger partial charge on any atom is 0.330 e. The van der Waals surface area contributed by atoms with Crippen molar-refractivity contribution in [3.8, 4) is 0 Å². The number of rotatable bonds is 8. The second kappa shape index (κ2) is 9.53. The Labute approximate surface area is 125 Å². The summed E-state index contributed by atoms with van der Waals surface area (Å²) >= 11 is 0. The van der Waals surface area contributed by atoms with Gasteiger partial charge in [0, 0.05) is 12.2 Å². The van der Waals surface area contributed by atoms with Gasteiger partial charge in [0.25, 0.3) is 0 Å². The SMILES string of the molecule is C=CC(=O)OCCCCOC(=O)/C=C/c1ccc(C)cc1. The fourth-order valence-electron chi connectivity index (χ4n) is 1.50. The van der Waals surface area contributed by atoms with Crippen molar-refractivity contribution in [1.29, 1.82) is 0 Å². The number of unbranched alkanes of at least 4 members (excludes halogenated alkanes) is 1. The molecule has 0 atom stereocenters. The second-order valence-electron chi connectivity index (χ2n) is 4.49. The number of carbonyl (C=O) groups excluding carboxylic acids is 2. The van der Waals surface area contributed by atoms with E-state index < -0.39 is 5.97 Å². The summed E-state index contributed by atoms with van der Waals surface area (Å²) in [5.41, 5.74) is 2.13. The molecule has 4 nitrogen and oxygen atoms in total. The molecule has 0 spiro atoms. The molecule has 0 saturated heterocycles. The Balaban J connectivity index is 2.15. The molecule has 0 radical (unpaired) electrons. The fourth-order valence-corrected chi connectivity index (χ4v) is 1.50. The predicted molar refractivity (Wildman–Crippen MR) is 81.6 cm³/mol. The van der Waals surface area contributed by atoms with Crippen molar-refractivity contribution >= 4 is 18.0 Å². The van der Waals surface area contributed by atoms with Crippen molar-refractivity contribution in [2.75, 3.05) is 13.2 Å². The first-order chi connectivity index (χ1) is 10.1. The highest BCUT2D eigenvalue weighted by atomic mass is 16.5. The van der Waals surface area contributed by atoms with Crippen LogP contribution in [0.5, 0.6) is 0 Å². The maximum atomic E-state index is 11.5. The van der Waals surface area contributed by atoms with Crippen LogP contribution in [0.15, 0.2) is 43.0 Å². The van der Waals surface area contributed by atoms with Gasteiger partial charge in [0.15, 0.2) is 0 Å². The van der Waals surface area contributed by atoms with Gasteiger partial charge in [-0.2, -0.15) is 0 Å². The van der Waals surface area contributed by atoms with Gasteiger partial charge in [-0.15, -0.1) is 0 Å². The van der Waals surface area contributed by atoms with Crippen LogP contribution in [0.25, 0.3) is 6.08 Å². The van der Waals surface area contributed by atoms with Gasteiger partial charge in [-0.3, -0.25) is 0 Å². The molecule has 0 heterocycles. The molecule has 0 bridgehead atoms. The van der Waals surface area contributed by atoms with E-state index in [1.807, 2.05) is 31.2 Å². The van der Waals surface area contributed by atoms with Gasteiger partial charge in [0.05, 0.1) is 13.2 Å². The van der Waals surface area contributed by atoms with E-state index in [0.29, 0.717) is 26.1 Å². The van der Waals surface area contributed by atoms with Gasteiger partial charge in [-0.25, -0.2) is 9.59 Å². The summed E-state index contributed by atoms with van der Waals surface area (Å²) in [6, 6.07) is 7.84. The highest BCUT2D eigenvalue weighted by Crippen LogP contribution is 2.05. The number of aryl methyl sites for hydroxylation is 1. The van der Waals surface area contributed by atoms with E-state index in [-0.39, 0.29) is 5.97 Å². The molecule has 4 heteroatoms. The van der Waals surface area contributed by atoms with E-state index in [2.05, 4.69) is 6.58 Å². The number of ether oxygens (including phenoxy) is 2. The molecule has 1 aromatic carbocycles. The lowest BCUT2D eigenvalue weighted by Crippen LogP contribution is -2.05. The van der Waals surface area contributed by atoms with Crippen LogP contribution >= 0.6 is 0 Å². The topological polar surface area (TPSA) is 52.6 Å². The van der Waals surface area contributed by atoms with E-state index in [1.165, 1.54) is 11.6 Å². The third-order valence-corrected chi connectivity index (χ3v) is 2.68. The lowest BCUT2D eigenvalue weighted by molar-refractivity contribution is -0.140. The third-order valence-electron chi connectivity index (χ3n) is 2.68. The van der Waals surface area contributed by atoms with E-state index in [1.54, 1.807) is 6.08 Å². The van der Waals surface area contributed by atoms with Crippen molar-refractivity contribution < 1.29 is 19.1 Å². The van der Waals surface area contributed by atoms with Crippen LogP contribution in [0, 0.1) is 6.92 Å². The molecule has 0 fully saturated rings. The van der Waals surface area contributed by atoms with E-state index in [0.717, 1.165) is 11.6 Å². The van der Waals surface area contributed by atoms with Gasteiger partial charge in [-0.1, -0.05) is 36.4 Å². The summed E-state index contributed by atoms with van der Waals surface area (Å²) in [6.45, 7) is 5.92. The zero-order chi connectivity index (χ0) is 15.5. The third kappa shape index (κ3) is 7.72. The normalized spacial score (nSPS) is 10.3. The largest absolute Gasteiger partial charge is 0.463 e. The Bertz CT molecular complexity index is 500. The molecule has 0 aliphatic carbocycles. The quantitative estimate of drug-likeness (QED) is 0.419. The Morgan fingerprint density at radius 3 is 2.19 bits per heavy atom. The highest BCUT2D eigenvalue weighted by molar-refractivity contribution is 5.87. The zero-order valence-electron chi connectivity index (χ0n) is 12.2. The van der Waals surface area contributed by atoms with Crippen molar-refractivity contribution in [3.63, 3.8) is 0 Å². The van der Waals surface area contributed by atoms with Gasteiger partial charge in [0.1, 0.15) is 0 Å². The van der Waals surface area contributed by atoms with Gasteiger partial charge >= 0.3 is 11.9 Å². The molecular weight excluding hydrogens is 268 g/mol. The maximum absolute atomic E-state index is 11.5. The average Bonchev–Trinajstić information content (AvgIpc) is 2.49. The van der Waals surface area contributed by atoms with Crippen LogP contribution in [0.4, 0.5) is 0 Å². The molecule has 0 N–H and O–H groups in total. The number of hydrogen-bond acceptors (Lipinski definition) is 4. The molecule has 0 aliphatic heterocycles. The minimum absolute atomic E-state index is 0.307. The lowest BCUT2D eigenvalue weighted by Gasteiger charge is -2.03. The summed E-state index contributed by atoms with van der Waals surface area (Å²) in [4.78, 5) is 22.2. The van der Waals surface area contributed by atoms with Crippen molar-refractivity contribution in [2.45, 2.75) is 19.8 Å². The van der Waals surface area contributed by atoms with Crippen LogP contribution < -0.4 is 0 Å². The van der Waals surface area contributed by atoms with Gasteiger partial charge < -0.3 is 9.47 Å². The van der Waals surface area contributed by atoms with Gasteiger partial charge in [0.2, 0.25) is 0 Å². The molecule has 0 unspecified atom stereocenters. The number of carbonyl (C=O) groups is 2. The van der Waals surface area contributed by atoms with E-state index in [9.17, 15) is 9.59 Å². The van der Waals surface area contributed by atoms with Crippen LogP contribution in [0.1, 0.15) is 24.0 Å². The summed E-state index contributed by atoms with van der Waals surface area (Å²) in [5, 5.41) is 0. The lowest BCUT2D eigenvalue weighted by atomic mass is 10.1. The summed E-state index contributed by atoms with van der Waals surface area (Å²) in [6.07, 6.45) is 5.54. The van der Waals surface area contributed by atoms with E-state index in [4.69, 9.17) is 9.47 Å². The number of esters is 2. The molecule has 0 saturated carbocycles. The zero-order valence-corrected chi connectivity index (χ0v) is 12.2. The van der Waals surface area contributed by atoms with Crippen LogP contribution in [0.3, 0.4) is 0 Å². The van der Waals surface area contributed by atoms with Crippen molar-refractivity contribution in [3.05, 3.63) is 54.1 Å². The van der Waals surface area contributed by atoms with Crippen molar-refractivity contribution in [1.82, 2.24) is 0 Å². The monoisotopic (exact) mass is 288 g/mol. The molecular formula is C17H20O4. The molecule has 21 heavy (non-hydrogen) atoms. The molecule has 0 aromatic heterocycles. The summed E-state index contributed by atoms with van der Waals surface area (Å²) in [7, 11) is 0. The van der Waals surface area contributed by atoms with E-state index >= 15 is 0 Å². The molecule has 1 rings (SSSR count). The van der Waals surface area contributed by atoms with Crippen molar-refractivity contribution in [2.24, 2.45) is 0 Å². The number of benzene rings is 1. The molecule has 0 aliphatic rings. The summed E-state index contributed by atoms with van der Waals surface area (Å²) < 4.78 is 9.84. The second-order valence-corrected chi connectivity index (χ2v) is 4.49. The highest BCUT2D eigenvalue weighted by Gasteiger charge is 1.98. The Morgan fingerprint density at radius 1 is 1.05 bits per heavy atom. The summed E-state index contributed by atoms with van der Waals surface area (Å²) in [5.74, 6) is -0.813. The average molecular weight is 288 g/mol. The molecule has 0 amide bonds. The Hall–Kier alpha value is -2.36. The Morgan fingerprint density at radius 2 is 1.62 bits per heavy atom.